The Morgan fingerprint density at radius 2 is 2.20 bits per heavy atom. The van der Waals surface area contributed by atoms with Gasteiger partial charge in [0.15, 0.2) is 0 Å². The molecule has 0 N–H and O–H groups in total. The summed E-state index contributed by atoms with van der Waals surface area (Å²) in [6.07, 6.45) is 1.84. The molecule has 0 aliphatic rings. The maximum Gasteiger partial charge on any atom is 0.0847 e. The second kappa shape index (κ2) is 2.74. The standard InChI is InChI=1S/C7H9IN2/c1-4-7-5(2)9-10(8)6(7)3/h4H,1H2,2-3H3. The third kappa shape index (κ3) is 1.10. The van der Waals surface area contributed by atoms with Crippen molar-refractivity contribution in [2.45, 2.75) is 13.8 Å². The molecule has 0 radical (unpaired) electrons. The third-order valence-corrected chi connectivity index (χ3v) is 2.44. The molecule has 0 spiro atoms. The lowest BCUT2D eigenvalue weighted by Gasteiger charge is -1.89. The Morgan fingerprint density at radius 1 is 1.60 bits per heavy atom. The summed E-state index contributed by atoms with van der Waals surface area (Å²) in [6, 6.07) is 0. The lowest BCUT2D eigenvalue weighted by Crippen LogP contribution is -1.83. The summed E-state index contributed by atoms with van der Waals surface area (Å²) in [5, 5.41) is 4.21. The SMILES string of the molecule is C=Cc1c(C)nn(I)c1C. The van der Waals surface area contributed by atoms with E-state index in [4.69, 9.17) is 0 Å². The highest BCUT2D eigenvalue weighted by molar-refractivity contribution is 14.1. The number of aromatic nitrogens is 2. The highest BCUT2D eigenvalue weighted by Gasteiger charge is 2.04. The van der Waals surface area contributed by atoms with Crippen molar-refractivity contribution in [1.29, 1.82) is 0 Å². The van der Waals surface area contributed by atoms with Crippen molar-refractivity contribution in [2.24, 2.45) is 0 Å². The molecule has 0 aromatic carbocycles. The van der Waals surface area contributed by atoms with Gasteiger partial charge in [0.05, 0.1) is 34.3 Å². The van der Waals surface area contributed by atoms with Gasteiger partial charge in [0.2, 0.25) is 0 Å². The van der Waals surface area contributed by atoms with E-state index in [-0.39, 0.29) is 0 Å². The summed E-state index contributed by atoms with van der Waals surface area (Å²) < 4.78 is 1.84. The molecule has 0 bridgehead atoms. The summed E-state index contributed by atoms with van der Waals surface area (Å²) >= 11 is 2.15. The molecule has 3 heteroatoms. The van der Waals surface area contributed by atoms with Crippen LogP contribution in [-0.2, 0) is 0 Å². The second-order valence-electron chi connectivity index (χ2n) is 2.15. The topological polar surface area (TPSA) is 17.8 Å². The largest absolute Gasteiger partial charge is 0.208 e. The number of rotatable bonds is 1. The molecule has 0 unspecified atom stereocenters. The van der Waals surface area contributed by atoms with Gasteiger partial charge in [-0.1, -0.05) is 12.7 Å². The van der Waals surface area contributed by atoms with E-state index >= 15 is 0 Å². The minimum Gasteiger partial charge on any atom is -0.208 e. The molecule has 0 amide bonds. The first-order chi connectivity index (χ1) is 4.66. The zero-order valence-electron chi connectivity index (χ0n) is 6.06. The first-order valence-electron chi connectivity index (χ1n) is 3.01. The van der Waals surface area contributed by atoms with Crippen LogP contribution in [0.15, 0.2) is 6.58 Å². The summed E-state index contributed by atoms with van der Waals surface area (Å²) in [7, 11) is 0. The number of hydrogen-bond acceptors (Lipinski definition) is 1. The van der Waals surface area contributed by atoms with Gasteiger partial charge < -0.3 is 0 Å². The predicted octanol–water partition coefficient (Wildman–Crippen LogP) is 2.34. The molecule has 54 valence electrons. The van der Waals surface area contributed by atoms with E-state index in [1.165, 1.54) is 0 Å². The summed E-state index contributed by atoms with van der Waals surface area (Å²) in [4.78, 5) is 0. The summed E-state index contributed by atoms with van der Waals surface area (Å²) in [6.45, 7) is 7.73. The molecule has 0 fully saturated rings. The van der Waals surface area contributed by atoms with Crippen LogP contribution in [0.3, 0.4) is 0 Å². The van der Waals surface area contributed by atoms with E-state index in [0.29, 0.717) is 0 Å². The van der Waals surface area contributed by atoms with Crippen LogP contribution in [0, 0.1) is 13.8 Å². The maximum absolute atomic E-state index is 4.21. The number of hydrogen-bond donors (Lipinski definition) is 0. The van der Waals surface area contributed by atoms with Crippen molar-refractivity contribution in [3.63, 3.8) is 0 Å². The van der Waals surface area contributed by atoms with Gasteiger partial charge in [0.1, 0.15) is 0 Å². The van der Waals surface area contributed by atoms with Gasteiger partial charge in [0, 0.05) is 5.56 Å². The van der Waals surface area contributed by atoms with Crippen molar-refractivity contribution in [2.75, 3.05) is 0 Å². The Labute approximate surface area is 74.4 Å². The van der Waals surface area contributed by atoms with E-state index in [1.807, 2.05) is 22.8 Å². The van der Waals surface area contributed by atoms with Gasteiger partial charge in [-0.2, -0.15) is 5.10 Å². The van der Waals surface area contributed by atoms with Crippen molar-refractivity contribution < 1.29 is 0 Å². The van der Waals surface area contributed by atoms with Gasteiger partial charge in [-0.25, -0.2) is 2.90 Å². The molecule has 1 aromatic heterocycles. The molecule has 0 atom stereocenters. The molecule has 1 heterocycles. The lowest BCUT2D eigenvalue weighted by molar-refractivity contribution is 0.986. The molecule has 0 aliphatic heterocycles. The van der Waals surface area contributed by atoms with E-state index < -0.39 is 0 Å². The average molecular weight is 248 g/mol. The van der Waals surface area contributed by atoms with E-state index in [2.05, 4.69) is 34.5 Å². The Morgan fingerprint density at radius 3 is 2.40 bits per heavy atom. The molecule has 0 aliphatic carbocycles. The Balaban J connectivity index is 3.33. The fraction of sp³-hybridized carbons (Fsp3) is 0.286. The van der Waals surface area contributed by atoms with Crippen LogP contribution >= 0.6 is 22.9 Å². The molecule has 1 aromatic rings. The molecule has 10 heavy (non-hydrogen) atoms. The van der Waals surface area contributed by atoms with Crippen molar-refractivity contribution >= 4 is 28.9 Å². The van der Waals surface area contributed by atoms with E-state index in [9.17, 15) is 0 Å². The Bertz CT molecular complexity index is 263. The minimum atomic E-state index is 1.04. The van der Waals surface area contributed by atoms with Gasteiger partial charge in [0.25, 0.3) is 0 Å². The highest BCUT2D eigenvalue weighted by Crippen LogP contribution is 2.15. The monoisotopic (exact) mass is 248 g/mol. The fourth-order valence-electron chi connectivity index (χ4n) is 0.917. The number of nitrogens with zero attached hydrogens (tertiary/aromatic N) is 2. The minimum absolute atomic E-state index is 1.04. The van der Waals surface area contributed by atoms with Crippen molar-refractivity contribution in [3.05, 3.63) is 23.5 Å². The fourth-order valence-corrected chi connectivity index (χ4v) is 1.50. The Kier molecular flexibility index (Phi) is 2.13. The van der Waals surface area contributed by atoms with Crippen molar-refractivity contribution in [3.8, 4) is 0 Å². The zero-order chi connectivity index (χ0) is 7.72. The smallest absolute Gasteiger partial charge is 0.0847 e. The quantitative estimate of drug-likeness (QED) is 0.697. The van der Waals surface area contributed by atoms with Crippen LogP contribution in [0.5, 0.6) is 0 Å². The van der Waals surface area contributed by atoms with Gasteiger partial charge in [-0.15, -0.1) is 0 Å². The van der Waals surface area contributed by atoms with Gasteiger partial charge in [-0.3, -0.25) is 0 Å². The van der Waals surface area contributed by atoms with E-state index in [1.54, 1.807) is 0 Å². The molecular weight excluding hydrogens is 239 g/mol. The lowest BCUT2D eigenvalue weighted by atomic mass is 10.2. The first kappa shape index (κ1) is 7.78. The Hall–Kier alpha value is -0.320. The maximum atomic E-state index is 4.21. The van der Waals surface area contributed by atoms with Crippen LogP contribution < -0.4 is 0 Å². The molecule has 0 saturated carbocycles. The first-order valence-corrected chi connectivity index (χ1v) is 3.98. The molecule has 0 saturated heterocycles. The molecular formula is C7H9IN2. The number of aryl methyl sites for hydroxylation is 1. The molecule has 2 nitrogen and oxygen atoms in total. The van der Waals surface area contributed by atoms with Crippen LogP contribution in [0.2, 0.25) is 0 Å². The van der Waals surface area contributed by atoms with Crippen LogP contribution in [0.1, 0.15) is 17.0 Å². The van der Waals surface area contributed by atoms with E-state index in [0.717, 1.165) is 17.0 Å². The summed E-state index contributed by atoms with van der Waals surface area (Å²) in [5.74, 6) is 0. The van der Waals surface area contributed by atoms with Crippen LogP contribution in [-0.4, -0.2) is 7.99 Å². The van der Waals surface area contributed by atoms with Crippen molar-refractivity contribution in [1.82, 2.24) is 7.99 Å². The van der Waals surface area contributed by atoms with Crippen LogP contribution in [0.25, 0.3) is 6.08 Å². The zero-order valence-corrected chi connectivity index (χ0v) is 8.21. The predicted molar refractivity (Wildman–Crippen MR) is 51.2 cm³/mol. The molecule has 1 rings (SSSR count). The van der Waals surface area contributed by atoms with Gasteiger partial charge in [-0.05, 0) is 13.8 Å². The third-order valence-electron chi connectivity index (χ3n) is 1.50. The van der Waals surface area contributed by atoms with Gasteiger partial charge >= 0.3 is 0 Å². The average Bonchev–Trinajstić information content (AvgIpc) is 2.09. The second-order valence-corrected chi connectivity index (χ2v) is 3.06. The summed E-state index contributed by atoms with van der Waals surface area (Å²) in [5.41, 5.74) is 3.35. The number of halogens is 1. The highest BCUT2D eigenvalue weighted by atomic mass is 127. The van der Waals surface area contributed by atoms with Crippen LogP contribution in [0.4, 0.5) is 0 Å². The normalized spacial score (nSPS) is 9.90.